The van der Waals surface area contributed by atoms with E-state index in [1.807, 2.05) is 13.0 Å². The predicted molar refractivity (Wildman–Crippen MR) is 84.6 cm³/mol. The summed E-state index contributed by atoms with van der Waals surface area (Å²) in [7, 11) is 0. The molecule has 0 aliphatic carbocycles. The maximum Gasteiger partial charge on any atom is 0.234 e. The molecule has 3 rings (SSSR count). The highest BCUT2D eigenvalue weighted by molar-refractivity contribution is 6.40. The second-order valence-electron chi connectivity index (χ2n) is 5.16. The van der Waals surface area contributed by atoms with Gasteiger partial charge in [-0.15, -0.1) is 0 Å². The van der Waals surface area contributed by atoms with Crippen LogP contribution in [0.3, 0.4) is 0 Å². The quantitative estimate of drug-likeness (QED) is 0.836. The van der Waals surface area contributed by atoms with Crippen molar-refractivity contribution in [3.05, 3.63) is 52.0 Å². The molecule has 1 N–H and O–H groups in total. The van der Waals surface area contributed by atoms with E-state index in [-0.39, 0.29) is 17.6 Å². The molecule has 0 saturated carbocycles. The van der Waals surface area contributed by atoms with E-state index in [1.54, 1.807) is 30.3 Å². The molecule has 1 heterocycles. The van der Waals surface area contributed by atoms with Crippen molar-refractivity contribution in [1.82, 2.24) is 0 Å². The summed E-state index contributed by atoms with van der Waals surface area (Å²) in [6.07, 6.45) is 0.632. The molecular formula is C16H13Cl2NO2. The van der Waals surface area contributed by atoms with Crippen molar-refractivity contribution >= 4 is 40.5 Å². The first-order valence-electron chi connectivity index (χ1n) is 6.59. The molecule has 0 saturated heterocycles. The Morgan fingerprint density at radius 2 is 1.86 bits per heavy atom. The Morgan fingerprint density at radius 3 is 2.52 bits per heavy atom. The predicted octanol–water partition coefficient (Wildman–Crippen LogP) is 4.56. The van der Waals surface area contributed by atoms with Crippen LogP contribution in [0.15, 0.2) is 36.4 Å². The number of phenols is 1. The van der Waals surface area contributed by atoms with Crippen LogP contribution in [0, 0.1) is 5.92 Å². The minimum absolute atomic E-state index is 0.0805. The van der Waals surface area contributed by atoms with Gasteiger partial charge in [-0.25, -0.2) is 0 Å². The number of anilines is 2. The molecule has 2 aromatic rings. The number of carbonyl (C=O) groups is 1. The average Bonchev–Trinajstić information content (AvgIpc) is 2.43. The first-order valence-corrected chi connectivity index (χ1v) is 7.34. The number of aromatic hydroxyl groups is 1. The third-order valence-corrected chi connectivity index (χ3v) is 4.25. The summed E-state index contributed by atoms with van der Waals surface area (Å²) < 4.78 is 0. The van der Waals surface area contributed by atoms with Crippen LogP contribution in [0.4, 0.5) is 11.4 Å². The molecule has 1 amide bonds. The van der Waals surface area contributed by atoms with Gasteiger partial charge >= 0.3 is 0 Å². The van der Waals surface area contributed by atoms with E-state index >= 15 is 0 Å². The lowest BCUT2D eigenvalue weighted by Gasteiger charge is -2.34. The van der Waals surface area contributed by atoms with Crippen molar-refractivity contribution in [2.24, 2.45) is 5.92 Å². The van der Waals surface area contributed by atoms with Crippen molar-refractivity contribution in [1.29, 1.82) is 0 Å². The molecule has 0 spiro atoms. The van der Waals surface area contributed by atoms with Crippen molar-refractivity contribution in [3.8, 4) is 5.75 Å². The van der Waals surface area contributed by atoms with Crippen LogP contribution in [0.25, 0.3) is 0 Å². The van der Waals surface area contributed by atoms with Gasteiger partial charge in [0, 0.05) is 12.0 Å². The van der Waals surface area contributed by atoms with Gasteiger partial charge in [0.2, 0.25) is 5.91 Å². The van der Waals surface area contributed by atoms with Crippen LogP contribution in [0.2, 0.25) is 10.0 Å². The second kappa shape index (κ2) is 5.24. The molecule has 0 fully saturated rings. The third-order valence-electron chi connectivity index (χ3n) is 3.64. The van der Waals surface area contributed by atoms with Crippen molar-refractivity contribution in [3.63, 3.8) is 0 Å². The molecule has 1 aliphatic rings. The number of hydrogen-bond acceptors (Lipinski definition) is 2. The highest BCUT2D eigenvalue weighted by atomic mass is 35.5. The highest BCUT2D eigenvalue weighted by Crippen LogP contribution is 2.43. The fourth-order valence-electron chi connectivity index (χ4n) is 2.62. The molecular weight excluding hydrogens is 309 g/mol. The monoisotopic (exact) mass is 321 g/mol. The standard InChI is InChI=1S/C16H13Cl2NO2/c1-9-7-10-5-6-11(20)8-14(10)19(16(9)21)15-12(17)3-2-4-13(15)18/h2-6,8-9,20H,7H2,1H3. The molecule has 2 aromatic carbocycles. The molecule has 3 nitrogen and oxygen atoms in total. The molecule has 1 atom stereocenters. The number of hydrogen-bond donors (Lipinski definition) is 1. The van der Waals surface area contributed by atoms with Crippen LogP contribution in [0.1, 0.15) is 12.5 Å². The number of nitrogens with zero attached hydrogens (tertiary/aromatic N) is 1. The molecule has 108 valence electrons. The van der Waals surface area contributed by atoms with E-state index in [0.29, 0.717) is 27.8 Å². The first kappa shape index (κ1) is 14.2. The van der Waals surface area contributed by atoms with Gasteiger partial charge < -0.3 is 5.11 Å². The lowest BCUT2D eigenvalue weighted by molar-refractivity contribution is -0.121. The van der Waals surface area contributed by atoms with Gasteiger partial charge in [0.15, 0.2) is 0 Å². The largest absolute Gasteiger partial charge is 0.508 e. The number of fused-ring (bicyclic) bond motifs is 1. The molecule has 5 heteroatoms. The normalized spacial score (nSPS) is 17.8. The fourth-order valence-corrected chi connectivity index (χ4v) is 3.19. The maximum atomic E-state index is 12.6. The Balaban J connectivity index is 2.26. The summed E-state index contributed by atoms with van der Waals surface area (Å²) in [5, 5.41) is 10.5. The lowest BCUT2D eigenvalue weighted by Crippen LogP contribution is -2.37. The highest BCUT2D eigenvalue weighted by Gasteiger charge is 2.33. The van der Waals surface area contributed by atoms with E-state index in [9.17, 15) is 9.90 Å². The van der Waals surface area contributed by atoms with Crippen molar-refractivity contribution in [2.75, 3.05) is 4.90 Å². The molecule has 0 aromatic heterocycles. The SMILES string of the molecule is CC1Cc2ccc(O)cc2N(c2c(Cl)cccc2Cl)C1=O. The minimum atomic E-state index is -0.172. The molecule has 1 aliphatic heterocycles. The number of phenolic OH excluding ortho intramolecular Hbond substituents is 1. The van der Waals surface area contributed by atoms with Crippen molar-refractivity contribution in [2.45, 2.75) is 13.3 Å². The summed E-state index contributed by atoms with van der Waals surface area (Å²) in [6.45, 7) is 1.87. The summed E-state index contributed by atoms with van der Waals surface area (Å²) in [4.78, 5) is 14.1. The minimum Gasteiger partial charge on any atom is -0.508 e. The Kier molecular flexibility index (Phi) is 3.56. The Morgan fingerprint density at radius 1 is 1.19 bits per heavy atom. The molecule has 1 unspecified atom stereocenters. The zero-order chi connectivity index (χ0) is 15.1. The Hall–Kier alpha value is -1.71. The van der Waals surface area contributed by atoms with Gasteiger partial charge in [-0.1, -0.05) is 42.3 Å². The van der Waals surface area contributed by atoms with Gasteiger partial charge in [0.1, 0.15) is 5.75 Å². The van der Waals surface area contributed by atoms with Gasteiger partial charge in [-0.2, -0.15) is 0 Å². The van der Waals surface area contributed by atoms with E-state index in [1.165, 1.54) is 4.90 Å². The van der Waals surface area contributed by atoms with E-state index < -0.39 is 0 Å². The van der Waals surface area contributed by atoms with E-state index in [2.05, 4.69) is 0 Å². The van der Waals surface area contributed by atoms with Gasteiger partial charge in [0.25, 0.3) is 0 Å². The summed E-state index contributed by atoms with van der Waals surface area (Å²) in [5.41, 5.74) is 2.08. The number of benzene rings is 2. The van der Waals surface area contributed by atoms with Crippen LogP contribution in [-0.4, -0.2) is 11.0 Å². The number of amides is 1. The molecule has 0 bridgehead atoms. The van der Waals surface area contributed by atoms with Crippen LogP contribution >= 0.6 is 23.2 Å². The first-order chi connectivity index (χ1) is 9.99. The van der Waals surface area contributed by atoms with E-state index in [0.717, 1.165) is 5.56 Å². The summed E-state index contributed by atoms with van der Waals surface area (Å²) in [6, 6.07) is 10.1. The van der Waals surface area contributed by atoms with Crippen molar-refractivity contribution < 1.29 is 9.90 Å². The third kappa shape index (κ3) is 2.37. The smallest absolute Gasteiger partial charge is 0.234 e. The Labute approximate surface area is 132 Å². The number of para-hydroxylation sites is 1. The second-order valence-corrected chi connectivity index (χ2v) is 5.98. The Bertz CT molecular complexity index is 710. The summed E-state index contributed by atoms with van der Waals surface area (Å²) in [5.74, 6) is -0.151. The topological polar surface area (TPSA) is 40.5 Å². The lowest BCUT2D eigenvalue weighted by atomic mass is 9.92. The number of carbonyl (C=O) groups excluding carboxylic acids is 1. The fraction of sp³-hybridized carbons (Fsp3) is 0.188. The van der Waals surface area contributed by atoms with Gasteiger partial charge in [0.05, 0.1) is 21.4 Å². The van der Waals surface area contributed by atoms with Crippen LogP contribution in [-0.2, 0) is 11.2 Å². The average molecular weight is 322 g/mol. The summed E-state index contributed by atoms with van der Waals surface area (Å²) >= 11 is 12.5. The van der Waals surface area contributed by atoms with Crippen LogP contribution in [0.5, 0.6) is 5.75 Å². The van der Waals surface area contributed by atoms with Gasteiger partial charge in [-0.05, 0) is 30.2 Å². The number of rotatable bonds is 1. The maximum absolute atomic E-state index is 12.6. The van der Waals surface area contributed by atoms with Gasteiger partial charge in [-0.3, -0.25) is 9.69 Å². The zero-order valence-corrected chi connectivity index (χ0v) is 12.8. The van der Waals surface area contributed by atoms with Crippen LogP contribution < -0.4 is 4.90 Å². The molecule has 0 radical (unpaired) electrons. The molecule has 21 heavy (non-hydrogen) atoms. The number of halogens is 2. The zero-order valence-electron chi connectivity index (χ0n) is 11.3. The van der Waals surface area contributed by atoms with E-state index in [4.69, 9.17) is 23.2 Å².